The van der Waals surface area contributed by atoms with E-state index in [1.165, 1.54) is 44.1 Å². The van der Waals surface area contributed by atoms with Crippen LogP contribution in [0.15, 0.2) is 24.3 Å². The van der Waals surface area contributed by atoms with E-state index in [1.807, 2.05) is 0 Å². The summed E-state index contributed by atoms with van der Waals surface area (Å²) in [4.78, 5) is 0. The Morgan fingerprint density at radius 3 is 2.33 bits per heavy atom. The third-order valence-corrected chi connectivity index (χ3v) is 5.88. The van der Waals surface area contributed by atoms with Gasteiger partial charge in [0.15, 0.2) is 6.29 Å². The first kappa shape index (κ1) is 20.7. The van der Waals surface area contributed by atoms with E-state index >= 15 is 0 Å². The molecule has 0 aromatic heterocycles. The molecule has 0 amide bonds. The molecule has 0 bridgehead atoms. The minimum atomic E-state index is -0.133. The fourth-order valence-corrected chi connectivity index (χ4v) is 4.36. The van der Waals surface area contributed by atoms with Crippen molar-refractivity contribution < 1.29 is 14.2 Å². The summed E-state index contributed by atoms with van der Waals surface area (Å²) in [6.45, 7) is 6.13. The average molecular weight is 375 g/mol. The zero-order valence-corrected chi connectivity index (χ0v) is 17.3. The highest BCUT2D eigenvalue weighted by atomic mass is 16.7. The first-order chi connectivity index (χ1) is 13.2. The largest absolute Gasteiger partial charge is 0.465 e. The number of hydrogen-bond acceptors (Lipinski definition) is 3. The summed E-state index contributed by atoms with van der Waals surface area (Å²) in [5.74, 6) is 2.47. The summed E-state index contributed by atoms with van der Waals surface area (Å²) in [6.07, 6.45) is 12.4. The van der Waals surface area contributed by atoms with Crippen molar-refractivity contribution in [2.75, 3.05) is 13.2 Å². The highest BCUT2D eigenvalue weighted by Gasteiger charge is 2.23. The van der Waals surface area contributed by atoms with Gasteiger partial charge in [-0.15, -0.1) is 0 Å². The molecule has 3 heteroatoms. The molecule has 2 fully saturated rings. The van der Waals surface area contributed by atoms with Gasteiger partial charge >= 0.3 is 0 Å². The van der Waals surface area contributed by atoms with E-state index in [-0.39, 0.29) is 12.4 Å². The number of benzene rings is 1. The van der Waals surface area contributed by atoms with Gasteiger partial charge < -0.3 is 14.2 Å². The van der Waals surface area contributed by atoms with E-state index in [0.29, 0.717) is 5.92 Å². The van der Waals surface area contributed by atoms with Crippen LogP contribution in [0.1, 0.15) is 77.2 Å². The van der Waals surface area contributed by atoms with Gasteiger partial charge in [0.05, 0.1) is 6.10 Å². The Morgan fingerprint density at radius 2 is 1.67 bits per heavy atom. The van der Waals surface area contributed by atoms with Gasteiger partial charge in [0.1, 0.15) is 5.75 Å². The van der Waals surface area contributed by atoms with Crippen molar-refractivity contribution >= 4 is 0 Å². The van der Waals surface area contributed by atoms with Crippen LogP contribution in [-0.4, -0.2) is 25.6 Å². The molecule has 1 saturated heterocycles. The lowest BCUT2D eigenvalue weighted by atomic mass is 9.86. The molecular weight excluding hydrogens is 336 g/mol. The third kappa shape index (κ3) is 7.46. The van der Waals surface area contributed by atoms with Gasteiger partial charge in [0, 0.05) is 19.6 Å². The average Bonchev–Trinajstić information content (AvgIpc) is 2.69. The zero-order chi connectivity index (χ0) is 18.9. The van der Waals surface area contributed by atoms with Gasteiger partial charge in [0.25, 0.3) is 0 Å². The molecule has 0 spiro atoms. The number of hydrogen-bond donors (Lipinski definition) is 0. The highest BCUT2D eigenvalue weighted by molar-refractivity contribution is 5.27. The molecule has 27 heavy (non-hydrogen) atoms. The number of rotatable bonds is 9. The topological polar surface area (TPSA) is 27.7 Å². The van der Waals surface area contributed by atoms with Crippen molar-refractivity contribution in [2.24, 2.45) is 11.8 Å². The van der Waals surface area contributed by atoms with Crippen molar-refractivity contribution in [1.29, 1.82) is 0 Å². The Hall–Kier alpha value is -1.06. The zero-order valence-electron chi connectivity index (χ0n) is 17.3. The molecule has 1 saturated carbocycles. The molecule has 1 atom stereocenters. The predicted octanol–water partition coefficient (Wildman–Crippen LogP) is 6.15. The van der Waals surface area contributed by atoms with Crippen LogP contribution in [0.2, 0.25) is 0 Å². The summed E-state index contributed by atoms with van der Waals surface area (Å²) in [7, 11) is 0. The van der Waals surface area contributed by atoms with Gasteiger partial charge in [0.2, 0.25) is 0 Å². The van der Waals surface area contributed by atoms with E-state index in [9.17, 15) is 0 Å². The minimum Gasteiger partial charge on any atom is -0.465 e. The van der Waals surface area contributed by atoms with E-state index in [2.05, 4.69) is 38.1 Å². The maximum Gasteiger partial charge on any atom is 0.200 e. The first-order valence-corrected chi connectivity index (χ1v) is 11.2. The maximum absolute atomic E-state index is 6.38. The molecule has 3 nitrogen and oxygen atoms in total. The fourth-order valence-electron chi connectivity index (χ4n) is 4.36. The lowest BCUT2D eigenvalue weighted by Crippen LogP contribution is -2.32. The number of ether oxygens (including phenoxy) is 3. The molecule has 2 aliphatic rings. The molecule has 1 aromatic rings. The predicted molar refractivity (Wildman–Crippen MR) is 110 cm³/mol. The molecular formula is C24H38O3. The quantitative estimate of drug-likeness (QED) is 0.485. The van der Waals surface area contributed by atoms with Crippen LogP contribution in [-0.2, 0) is 15.9 Å². The smallest absolute Gasteiger partial charge is 0.200 e. The molecule has 1 heterocycles. The Balaban J connectivity index is 1.55. The maximum atomic E-state index is 6.38. The molecule has 152 valence electrons. The lowest BCUT2D eigenvalue weighted by molar-refractivity contribution is -0.147. The van der Waals surface area contributed by atoms with E-state index in [1.54, 1.807) is 0 Å². The normalized spacial score (nSPS) is 20.7. The van der Waals surface area contributed by atoms with E-state index < -0.39 is 0 Å². The second kappa shape index (κ2) is 11.1. The van der Waals surface area contributed by atoms with E-state index in [0.717, 1.165) is 50.6 Å². The molecule has 1 aliphatic carbocycles. The molecule has 1 unspecified atom stereocenters. The van der Waals surface area contributed by atoms with Crippen molar-refractivity contribution in [1.82, 2.24) is 0 Å². The third-order valence-electron chi connectivity index (χ3n) is 5.88. The van der Waals surface area contributed by atoms with Crippen LogP contribution in [0.25, 0.3) is 0 Å². The highest BCUT2D eigenvalue weighted by Crippen LogP contribution is 2.29. The molecule has 3 rings (SSSR count). The summed E-state index contributed by atoms with van der Waals surface area (Å²) in [6, 6.07) is 8.61. The summed E-state index contributed by atoms with van der Waals surface area (Å²) in [5, 5.41) is 0. The van der Waals surface area contributed by atoms with Crippen LogP contribution >= 0.6 is 0 Å². The van der Waals surface area contributed by atoms with Crippen LogP contribution in [0.3, 0.4) is 0 Å². The van der Waals surface area contributed by atoms with Crippen molar-refractivity contribution in [3.05, 3.63) is 29.8 Å². The monoisotopic (exact) mass is 374 g/mol. The van der Waals surface area contributed by atoms with Crippen molar-refractivity contribution in [3.63, 3.8) is 0 Å². The van der Waals surface area contributed by atoms with Crippen LogP contribution in [0.4, 0.5) is 0 Å². The molecule has 0 N–H and O–H groups in total. The van der Waals surface area contributed by atoms with Crippen LogP contribution < -0.4 is 4.74 Å². The Morgan fingerprint density at radius 1 is 0.963 bits per heavy atom. The lowest BCUT2D eigenvalue weighted by Gasteiger charge is -2.29. The van der Waals surface area contributed by atoms with Gasteiger partial charge in [-0.2, -0.15) is 0 Å². The van der Waals surface area contributed by atoms with Gasteiger partial charge in [-0.3, -0.25) is 0 Å². The summed E-state index contributed by atoms with van der Waals surface area (Å²) < 4.78 is 18.2. The Kier molecular flexibility index (Phi) is 8.47. The van der Waals surface area contributed by atoms with Crippen molar-refractivity contribution in [2.45, 2.75) is 90.4 Å². The van der Waals surface area contributed by atoms with Crippen LogP contribution in [0.5, 0.6) is 5.75 Å². The minimum absolute atomic E-state index is 0.133. The van der Waals surface area contributed by atoms with Gasteiger partial charge in [-0.05, 0) is 55.2 Å². The second-order valence-corrected chi connectivity index (χ2v) is 8.82. The first-order valence-electron chi connectivity index (χ1n) is 11.2. The van der Waals surface area contributed by atoms with E-state index in [4.69, 9.17) is 14.2 Å². The Bertz CT molecular complexity index is 513. The molecule has 1 aliphatic heterocycles. The fraction of sp³-hybridized carbons (Fsp3) is 0.750. The van der Waals surface area contributed by atoms with Gasteiger partial charge in [-0.1, -0.05) is 58.1 Å². The molecule has 1 aromatic carbocycles. The second-order valence-electron chi connectivity index (χ2n) is 8.82. The van der Waals surface area contributed by atoms with Crippen molar-refractivity contribution in [3.8, 4) is 5.75 Å². The summed E-state index contributed by atoms with van der Waals surface area (Å²) >= 11 is 0. The standard InChI is InChI=1S/C24H38O3/c1-19(2)18-21-8-11-22(12-9-21)26-24(27-23-14-16-25-17-15-23)13-10-20-6-4-3-5-7-20/h8-9,11-12,19-20,23-24H,3-7,10,13-18H2,1-2H3. The molecule has 0 radical (unpaired) electrons. The Labute approximate surface area is 165 Å². The summed E-state index contributed by atoms with van der Waals surface area (Å²) in [5.41, 5.74) is 1.38. The van der Waals surface area contributed by atoms with Crippen LogP contribution in [0, 0.1) is 11.8 Å². The SMILES string of the molecule is CC(C)Cc1ccc(OC(CCC2CCCCC2)OC2CCOCC2)cc1. The van der Waals surface area contributed by atoms with Gasteiger partial charge in [-0.25, -0.2) is 0 Å².